The molecule has 0 aliphatic heterocycles. The number of benzene rings is 1. The van der Waals surface area contributed by atoms with Crippen LogP contribution in [0.15, 0.2) is 22.7 Å². The number of methoxy groups -OCH3 is 1. The van der Waals surface area contributed by atoms with E-state index in [2.05, 4.69) is 15.5 Å². The van der Waals surface area contributed by atoms with Crippen LogP contribution in [0.25, 0.3) is 11.4 Å². The zero-order chi connectivity index (χ0) is 13.7. The number of rotatable bonds is 6. The number of hydrogen-bond donors (Lipinski definition) is 1. The van der Waals surface area contributed by atoms with E-state index in [1.165, 1.54) is 12.1 Å². The van der Waals surface area contributed by atoms with E-state index < -0.39 is 0 Å². The number of hydrogen-bond acceptors (Lipinski definition) is 5. The van der Waals surface area contributed by atoms with Gasteiger partial charge in [-0.05, 0) is 30.7 Å². The molecule has 1 aromatic carbocycles. The Bertz CT molecular complexity index is 542. The van der Waals surface area contributed by atoms with Gasteiger partial charge in [0.1, 0.15) is 5.82 Å². The Morgan fingerprint density at radius 1 is 1.42 bits per heavy atom. The van der Waals surface area contributed by atoms with E-state index in [1.807, 2.05) is 6.92 Å². The summed E-state index contributed by atoms with van der Waals surface area (Å²) in [6.45, 7) is 3.63. The molecule has 0 fully saturated rings. The van der Waals surface area contributed by atoms with E-state index in [0.29, 0.717) is 31.4 Å². The van der Waals surface area contributed by atoms with Crippen molar-refractivity contribution < 1.29 is 13.7 Å². The van der Waals surface area contributed by atoms with Crippen LogP contribution in [0.1, 0.15) is 11.5 Å². The van der Waals surface area contributed by atoms with Gasteiger partial charge in [-0.2, -0.15) is 4.98 Å². The molecule has 0 radical (unpaired) electrons. The molecule has 0 aliphatic rings. The molecule has 1 aromatic heterocycles. The molecule has 1 N–H and O–H groups in total. The molecule has 2 aromatic rings. The highest BCUT2D eigenvalue weighted by molar-refractivity contribution is 5.59. The fourth-order valence-corrected chi connectivity index (χ4v) is 1.68. The maximum atomic E-state index is 13.0. The third-order valence-corrected chi connectivity index (χ3v) is 2.66. The SMILES string of the molecule is COCCNCc1nc(-c2ccc(F)cc2C)no1. The third-order valence-electron chi connectivity index (χ3n) is 2.66. The van der Waals surface area contributed by atoms with E-state index in [9.17, 15) is 4.39 Å². The summed E-state index contributed by atoms with van der Waals surface area (Å²) < 4.78 is 23.1. The first kappa shape index (κ1) is 13.6. The average molecular weight is 265 g/mol. The molecule has 0 spiro atoms. The van der Waals surface area contributed by atoms with Gasteiger partial charge in [0, 0.05) is 19.2 Å². The van der Waals surface area contributed by atoms with E-state index in [0.717, 1.165) is 11.1 Å². The summed E-state index contributed by atoms with van der Waals surface area (Å²) in [5, 5.41) is 7.01. The summed E-state index contributed by atoms with van der Waals surface area (Å²) in [4.78, 5) is 4.27. The van der Waals surface area contributed by atoms with Crippen LogP contribution in [0, 0.1) is 12.7 Å². The van der Waals surface area contributed by atoms with Gasteiger partial charge in [-0.3, -0.25) is 0 Å². The van der Waals surface area contributed by atoms with Crippen molar-refractivity contribution in [2.24, 2.45) is 0 Å². The van der Waals surface area contributed by atoms with Crippen LogP contribution >= 0.6 is 0 Å². The second-order valence-electron chi connectivity index (χ2n) is 4.14. The van der Waals surface area contributed by atoms with E-state index in [4.69, 9.17) is 9.26 Å². The zero-order valence-corrected chi connectivity index (χ0v) is 10.9. The minimum atomic E-state index is -0.272. The Balaban J connectivity index is 2.04. The summed E-state index contributed by atoms with van der Waals surface area (Å²) >= 11 is 0. The lowest BCUT2D eigenvalue weighted by Gasteiger charge is -2.00. The van der Waals surface area contributed by atoms with E-state index in [-0.39, 0.29) is 5.82 Å². The largest absolute Gasteiger partial charge is 0.383 e. The van der Waals surface area contributed by atoms with Crippen molar-refractivity contribution in [2.75, 3.05) is 20.3 Å². The average Bonchev–Trinajstić information content (AvgIpc) is 2.83. The van der Waals surface area contributed by atoms with Crippen molar-refractivity contribution >= 4 is 0 Å². The van der Waals surface area contributed by atoms with Crippen molar-refractivity contribution in [1.29, 1.82) is 0 Å². The molecular weight excluding hydrogens is 249 g/mol. The van der Waals surface area contributed by atoms with Gasteiger partial charge in [0.25, 0.3) is 0 Å². The van der Waals surface area contributed by atoms with Gasteiger partial charge in [0.05, 0.1) is 13.2 Å². The first-order chi connectivity index (χ1) is 9.20. The lowest BCUT2D eigenvalue weighted by Crippen LogP contribution is -2.18. The third kappa shape index (κ3) is 3.59. The number of aromatic nitrogens is 2. The number of halogens is 1. The molecule has 5 nitrogen and oxygen atoms in total. The summed E-state index contributed by atoms with van der Waals surface area (Å²) in [6, 6.07) is 4.48. The summed E-state index contributed by atoms with van der Waals surface area (Å²) in [7, 11) is 1.64. The number of aryl methyl sites for hydroxylation is 1. The van der Waals surface area contributed by atoms with Crippen LogP contribution in [0.3, 0.4) is 0 Å². The van der Waals surface area contributed by atoms with Gasteiger partial charge in [0.2, 0.25) is 11.7 Å². The lowest BCUT2D eigenvalue weighted by molar-refractivity contribution is 0.197. The molecule has 0 unspecified atom stereocenters. The molecule has 0 amide bonds. The predicted molar refractivity (Wildman–Crippen MR) is 68.0 cm³/mol. The number of nitrogens with one attached hydrogen (secondary N) is 1. The standard InChI is InChI=1S/C13H16FN3O2/c1-9-7-10(14)3-4-11(9)13-16-12(19-17-13)8-15-5-6-18-2/h3-4,7,15H,5-6,8H2,1-2H3. The predicted octanol–water partition coefficient (Wildman–Crippen LogP) is 1.92. The molecule has 1 heterocycles. The highest BCUT2D eigenvalue weighted by Crippen LogP contribution is 2.21. The van der Waals surface area contributed by atoms with Crippen LogP contribution in [-0.2, 0) is 11.3 Å². The van der Waals surface area contributed by atoms with Gasteiger partial charge in [0.15, 0.2) is 0 Å². The topological polar surface area (TPSA) is 60.2 Å². The molecule has 102 valence electrons. The molecule has 0 bridgehead atoms. The highest BCUT2D eigenvalue weighted by atomic mass is 19.1. The van der Waals surface area contributed by atoms with Crippen LogP contribution < -0.4 is 5.32 Å². The Morgan fingerprint density at radius 2 is 2.26 bits per heavy atom. The highest BCUT2D eigenvalue weighted by Gasteiger charge is 2.10. The van der Waals surface area contributed by atoms with Crippen molar-refractivity contribution in [3.8, 4) is 11.4 Å². The van der Waals surface area contributed by atoms with E-state index >= 15 is 0 Å². The first-order valence-electron chi connectivity index (χ1n) is 5.99. The molecule has 0 saturated heterocycles. The Morgan fingerprint density at radius 3 is 3.00 bits per heavy atom. The fourth-order valence-electron chi connectivity index (χ4n) is 1.68. The normalized spacial score (nSPS) is 10.9. The van der Waals surface area contributed by atoms with Gasteiger partial charge >= 0.3 is 0 Å². The van der Waals surface area contributed by atoms with Gasteiger partial charge in [-0.25, -0.2) is 4.39 Å². The Hall–Kier alpha value is -1.79. The Kier molecular flexibility index (Phi) is 4.59. The summed E-state index contributed by atoms with van der Waals surface area (Å²) in [5.74, 6) is 0.696. The molecule has 0 aliphatic carbocycles. The minimum Gasteiger partial charge on any atom is -0.383 e. The second-order valence-corrected chi connectivity index (χ2v) is 4.14. The van der Waals surface area contributed by atoms with Crippen LogP contribution in [0.5, 0.6) is 0 Å². The Labute approximate surface area is 110 Å². The van der Waals surface area contributed by atoms with Crippen molar-refractivity contribution in [1.82, 2.24) is 15.5 Å². The van der Waals surface area contributed by atoms with Gasteiger partial charge in [-0.1, -0.05) is 5.16 Å². The number of ether oxygens (including phenoxy) is 1. The molecule has 6 heteroatoms. The minimum absolute atomic E-state index is 0.272. The smallest absolute Gasteiger partial charge is 0.240 e. The van der Waals surface area contributed by atoms with Crippen LogP contribution in [0.2, 0.25) is 0 Å². The van der Waals surface area contributed by atoms with Gasteiger partial charge < -0.3 is 14.6 Å². The maximum Gasteiger partial charge on any atom is 0.240 e. The maximum absolute atomic E-state index is 13.0. The van der Waals surface area contributed by atoms with Crippen LogP contribution in [-0.4, -0.2) is 30.4 Å². The second kappa shape index (κ2) is 6.40. The van der Waals surface area contributed by atoms with Crippen molar-refractivity contribution in [2.45, 2.75) is 13.5 Å². The molecule has 0 saturated carbocycles. The molecular formula is C13H16FN3O2. The van der Waals surface area contributed by atoms with Crippen molar-refractivity contribution in [3.05, 3.63) is 35.5 Å². The lowest BCUT2D eigenvalue weighted by atomic mass is 10.1. The summed E-state index contributed by atoms with van der Waals surface area (Å²) in [6.07, 6.45) is 0. The monoisotopic (exact) mass is 265 g/mol. The van der Waals surface area contributed by atoms with Crippen molar-refractivity contribution in [3.63, 3.8) is 0 Å². The quantitative estimate of drug-likeness (QED) is 0.809. The van der Waals surface area contributed by atoms with E-state index in [1.54, 1.807) is 13.2 Å². The fraction of sp³-hybridized carbons (Fsp3) is 0.385. The summed E-state index contributed by atoms with van der Waals surface area (Å²) in [5.41, 5.74) is 1.55. The molecule has 0 atom stereocenters. The molecule has 2 rings (SSSR count). The van der Waals surface area contributed by atoms with Gasteiger partial charge in [-0.15, -0.1) is 0 Å². The van der Waals surface area contributed by atoms with Crippen LogP contribution in [0.4, 0.5) is 4.39 Å². The molecule has 19 heavy (non-hydrogen) atoms. The number of nitrogens with zero attached hydrogens (tertiary/aromatic N) is 2. The first-order valence-corrected chi connectivity index (χ1v) is 5.99. The zero-order valence-electron chi connectivity index (χ0n) is 10.9.